The van der Waals surface area contributed by atoms with Crippen LogP contribution < -0.4 is 16.0 Å². The lowest BCUT2D eigenvalue weighted by atomic mass is 9.88. The fraction of sp³-hybridized carbons (Fsp3) is 0.500. The molecule has 210 valence electrons. The van der Waals surface area contributed by atoms with Crippen LogP contribution >= 0.6 is 11.3 Å². The number of anilines is 1. The minimum atomic E-state index is -1.13. The van der Waals surface area contributed by atoms with Crippen molar-refractivity contribution in [2.24, 2.45) is 5.41 Å². The summed E-state index contributed by atoms with van der Waals surface area (Å²) in [5, 5.41) is 9.64. The van der Waals surface area contributed by atoms with Crippen LogP contribution in [0.2, 0.25) is 0 Å². The monoisotopic (exact) mass is 553 g/mol. The first-order chi connectivity index (χ1) is 18.5. The number of aromatic nitrogens is 2. The summed E-state index contributed by atoms with van der Waals surface area (Å²) >= 11 is 1.15. The van der Waals surface area contributed by atoms with Gasteiger partial charge in [-0.2, -0.15) is 0 Å². The lowest BCUT2D eigenvalue weighted by Crippen LogP contribution is -2.38. The lowest BCUT2D eigenvalue weighted by molar-refractivity contribution is -0.117. The number of carbonyl (C=O) groups excluding carboxylic acids is 2. The molecule has 1 aliphatic rings. The Morgan fingerprint density at radius 1 is 1.23 bits per heavy atom. The van der Waals surface area contributed by atoms with Crippen LogP contribution in [0.1, 0.15) is 92.6 Å². The van der Waals surface area contributed by atoms with Gasteiger partial charge in [0.15, 0.2) is 0 Å². The Hall–Kier alpha value is -3.04. The molecule has 1 aliphatic carbocycles. The summed E-state index contributed by atoms with van der Waals surface area (Å²) in [7, 11) is 0. The standard InChI is InChI=1S/C30H40FN5O2S/c1-7-27(37)33-21-9-8-10-22(16-21)36-24-12-11-20(17-32-19(3)30(4,5)6)15-23(24)34-29(36)35-28(38)26-14-13-25(39-26)18(2)31/h7,11-15,18-19,21-22,32H,1,8-10,16-17H2,2-6H3,(H,33,37)(H,34,35,38)/t18?,19-,21+,22-/m0/s1. The summed E-state index contributed by atoms with van der Waals surface area (Å²) in [6, 6.07) is 9.93. The zero-order valence-electron chi connectivity index (χ0n) is 23.5. The fourth-order valence-electron chi connectivity index (χ4n) is 4.93. The Balaban J connectivity index is 1.65. The maximum absolute atomic E-state index is 13.8. The van der Waals surface area contributed by atoms with E-state index in [2.05, 4.69) is 73.0 Å². The van der Waals surface area contributed by atoms with Crippen molar-refractivity contribution in [2.75, 3.05) is 5.32 Å². The highest BCUT2D eigenvalue weighted by Crippen LogP contribution is 2.35. The SMILES string of the molecule is C=CC(=O)N[C@@H]1CCC[C@H](n2c(NC(=O)c3ccc(C(C)F)s3)nc3cc(CN[C@@H](C)C(C)(C)C)ccc32)C1. The number of hydrogen-bond acceptors (Lipinski definition) is 5. The number of amides is 2. The molecule has 1 saturated carbocycles. The Labute approximate surface area is 234 Å². The van der Waals surface area contributed by atoms with E-state index in [1.165, 1.54) is 13.0 Å². The number of imidazole rings is 1. The molecule has 4 atom stereocenters. The molecule has 0 bridgehead atoms. The number of hydrogen-bond donors (Lipinski definition) is 3. The number of benzene rings is 1. The Kier molecular flexibility index (Phi) is 8.91. The molecule has 0 saturated heterocycles. The van der Waals surface area contributed by atoms with Gasteiger partial charge in [0.2, 0.25) is 11.9 Å². The first kappa shape index (κ1) is 29.0. The zero-order chi connectivity index (χ0) is 28.3. The summed E-state index contributed by atoms with van der Waals surface area (Å²) in [4.78, 5) is 31.0. The molecular weight excluding hydrogens is 513 g/mol. The number of halogens is 1. The largest absolute Gasteiger partial charge is 0.350 e. The molecule has 1 fully saturated rings. The van der Waals surface area contributed by atoms with Crippen molar-refractivity contribution in [2.45, 2.75) is 91.1 Å². The van der Waals surface area contributed by atoms with Crippen molar-refractivity contribution < 1.29 is 14.0 Å². The van der Waals surface area contributed by atoms with Crippen LogP contribution in [-0.4, -0.2) is 33.4 Å². The van der Waals surface area contributed by atoms with E-state index >= 15 is 0 Å². The van der Waals surface area contributed by atoms with Crippen molar-refractivity contribution in [1.82, 2.24) is 20.2 Å². The van der Waals surface area contributed by atoms with Crippen molar-refractivity contribution in [3.63, 3.8) is 0 Å². The Bertz CT molecular complexity index is 1340. The normalized spacial score (nSPS) is 19.4. The van der Waals surface area contributed by atoms with Gasteiger partial charge >= 0.3 is 0 Å². The summed E-state index contributed by atoms with van der Waals surface area (Å²) in [6.07, 6.45) is 3.64. The second-order valence-electron chi connectivity index (χ2n) is 11.6. The van der Waals surface area contributed by atoms with Gasteiger partial charge in [-0.25, -0.2) is 9.37 Å². The molecule has 2 amide bonds. The molecule has 1 aromatic carbocycles. The van der Waals surface area contributed by atoms with Gasteiger partial charge in [-0.3, -0.25) is 14.9 Å². The van der Waals surface area contributed by atoms with E-state index in [4.69, 9.17) is 4.98 Å². The van der Waals surface area contributed by atoms with Crippen LogP contribution in [0.3, 0.4) is 0 Å². The Morgan fingerprint density at radius 2 is 2.00 bits per heavy atom. The smallest absolute Gasteiger partial charge is 0.268 e. The van der Waals surface area contributed by atoms with Crippen LogP contribution in [0.4, 0.5) is 10.3 Å². The molecule has 3 aromatic rings. The number of alkyl halides is 1. The second kappa shape index (κ2) is 12.0. The number of rotatable bonds is 9. The lowest BCUT2D eigenvalue weighted by Gasteiger charge is -2.31. The molecule has 7 nitrogen and oxygen atoms in total. The topological polar surface area (TPSA) is 88.1 Å². The van der Waals surface area contributed by atoms with Crippen molar-refractivity contribution in [3.8, 4) is 0 Å². The van der Waals surface area contributed by atoms with Crippen LogP contribution in [0.5, 0.6) is 0 Å². The maximum atomic E-state index is 13.8. The highest BCUT2D eigenvalue weighted by Gasteiger charge is 2.28. The van der Waals surface area contributed by atoms with Gasteiger partial charge in [0, 0.05) is 29.5 Å². The number of nitrogens with one attached hydrogen (secondary N) is 3. The van der Waals surface area contributed by atoms with Gasteiger partial charge in [0.25, 0.3) is 5.91 Å². The first-order valence-electron chi connectivity index (χ1n) is 13.7. The van der Waals surface area contributed by atoms with E-state index in [0.717, 1.165) is 53.6 Å². The fourth-order valence-corrected chi connectivity index (χ4v) is 5.76. The molecule has 1 unspecified atom stereocenters. The predicted molar refractivity (Wildman–Crippen MR) is 157 cm³/mol. The molecule has 0 aliphatic heterocycles. The molecule has 39 heavy (non-hydrogen) atoms. The third kappa shape index (κ3) is 6.94. The quantitative estimate of drug-likeness (QED) is 0.258. The summed E-state index contributed by atoms with van der Waals surface area (Å²) < 4.78 is 15.9. The van der Waals surface area contributed by atoms with E-state index in [-0.39, 0.29) is 29.3 Å². The third-order valence-electron chi connectivity index (χ3n) is 7.68. The van der Waals surface area contributed by atoms with E-state index < -0.39 is 6.17 Å². The van der Waals surface area contributed by atoms with Crippen LogP contribution in [0.25, 0.3) is 11.0 Å². The van der Waals surface area contributed by atoms with Gasteiger partial charge in [-0.1, -0.05) is 33.4 Å². The Morgan fingerprint density at radius 3 is 2.67 bits per heavy atom. The number of thiophene rings is 1. The number of carbonyl (C=O) groups is 2. The summed E-state index contributed by atoms with van der Waals surface area (Å²) in [5.41, 5.74) is 2.99. The third-order valence-corrected chi connectivity index (χ3v) is 8.91. The minimum absolute atomic E-state index is 0.0171. The summed E-state index contributed by atoms with van der Waals surface area (Å²) in [5.74, 6) is -0.0225. The molecule has 0 spiro atoms. The van der Waals surface area contributed by atoms with Crippen LogP contribution in [0.15, 0.2) is 43.0 Å². The van der Waals surface area contributed by atoms with E-state index in [0.29, 0.717) is 28.3 Å². The average Bonchev–Trinajstić information content (AvgIpc) is 3.52. The van der Waals surface area contributed by atoms with Crippen LogP contribution in [-0.2, 0) is 11.3 Å². The van der Waals surface area contributed by atoms with Gasteiger partial charge in [0.05, 0.1) is 15.9 Å². The first-order valence-corrected chi connectivity index (χ1v) is 14.5. The molecule has 2 aromatic heterocycles. The van der Waals surface area contributed by atoms with Gasteiger partial charge < -0.3 is 15.2 Å². The average molecular weight is 554 g/mol. The molecule has 4 rings (SSSR count). The van der Waals surface area contributed by atoms with Crippen molar-refractivity contribution >= 4 is 40.1 Å². The highest BCUT2D eigenvalue weighted by molar-refractivity contribution is 7.14. The maximum Gasteiger partial charge on any atom is 0.268 e. The van der Waals surface area contributed by atoms with Gasteiger partial charge in [-0.15, -0.1) is 11.3 Å². The van der Waals surface area contributed by atoms with E-state index in [1.54, 1.807) is 12.1 Å². The zero-order valence-corrected chi connectivity index (χ0v) is 24.3. The highest BCUT2D eigenvalue weighted by atomic mass is 32.1. The van der Waals surface area contributed by atoms with Gasteiger partial charge in [-0.05, 0) is 80.9 Å². The van der Waals surface area contributed by atoms with Crippen LogP contribution in [0, 0.1) is 5.41 Å². The van der Waals surface area contributed by atoms with Crippen molar-refractivity contribution in [1.29, 1.82) is 0 Å². The molecule has 3 N–H and O–H groups in total. The number of nitrogens with zero attached hydrogens (tertiary/aromatic N) is 2. The molecular formula is C30H40FN5O2S. The summed E-state index contributed by atoms with van der Waals surface area (Å²) in [6.45, 7) is 14.6. The molecule has 2 heterocycles. The number of fused-ring (bicyclic) bond motifs is 1. The predicted octanol–water partition coefficient (Wildman–Crippen LogP) is 6.69. The van der Waals surface area contributed by atoms with E-state index in [1.807, 2.05) is 0 Å². The molecule has 0 radical (unpaired) electrons. The minimum Gasteiger partial charge on any atom is -0.350 e. The van der Waals surface area contributed by atoms with Gasteiger partial charge in [0.1, 0.15) is 6.17 Å². The van der Waals surface area contributed by atoms with E-state index in [9.17, 15) is 14.0 Å². The molecule has 9 heteroatoms. The second-order valence-corrected chi connectivity index (χ2v) is 12.7. The van der Waals surface area contributed by atoms with Crippen molar-refractivity contribution in [3.05, 3.63) is 58.3 Å².